The lowest BCUT2D eigenvalue weighted by molar-refractivity contribution is 0.0962. The third kappa shape index (κ3) is 4.15. The monoisotopic (exact) mass is 324 g/mol. The molecule has 1 aliphatic heterocycles. The van der Waals surface area contributed by atoms with E-state index in [0.29, 0.717) is 6.42 Å². The zero-order valence-corrected chi connectivity index (χ0v) is 14.1. The Labute approximate surface area is 143 Å². The van der Waals surface area contributed by atoms with Gasteiger partial charge in [0.15, 0.2) is 5.78 Å². The predicted molar refractivity (Wildman–Crippen MR) is 97.0 cm³/mol. The van der Waals surface area contributed by atoms with E-state index in [1.54, 1.807) is 7.11 Å². The average molecular weight is 324 g/mol. The van der Waals surface area contributed by atoms with E-state index in [0.717, 1.165) is 44.0 Å². The van der Waals surface area contributed by atoms with Crippen LogP contribution in [0.25, 0.3) is 0 Å². The van der Waals surface area contributed by atoms with Gasteiger partial charge in [-0.2, -0.15) is 0 Å². The number of methoxy groups -OCH3 is 1. The summed E-state index contributed by atoms with van der Waals surface area (Å²) in [4.78, 5) is 16.9. The van der Waals surface area contributed by atoms with Gasteiger partial charge >= 0.3 is 0 Å². The van der Waals surface area contributed by atoms with Crippen LogP contribution >= 0.6 is 0 Å². The molecule has 0 bridgehead atoms. The van der Waals surface area contributed by atoms with Gasteiger partial charge in [0.1, 0.15) is 5.75 Å². The average Bonchev–Trinajstić information content (AvgIpc) is 2.67. The molecule has 2 aromatic carbocycles. The van der Waals surface area contributed by atoms with Gasteiger partial charge in [-0.15, -0.1) is 0 Å². The molecule has 0 amide bonds. The summed E-state index contributed by atoms with van der Waals surface area (Å²) >= 11 is 0. The fourth-order valence-electron chi connectivity index (χ4n) is 3.06. The summed E-state index contributed by atoms with van der Waals surface area (Å²) in [5.41, 5.74) is 2.02. The van der Waals surface area contributed by atoms with Gasteiger partial charge in [-0.3, -0.25) is 9.69 Å². The van der Waals surface area contributed by atoms with Crippen molar-refractivity contribution in [3.8, 4) is 5.75 Å². The topological polar surface area (TPSA) is 32.8 Å². The third-order valence-corrected chi connectivity index (χ3v) is 4.54. The molecule has 0 saturated carbocycles. The van der Waals surface area contributed by atoms with Crippen LogP contribution < -0.4 is 9.64 Å². The molecule has 1 fully saturated rings. The van der Waals surface area contributed by atoms with Crippen LogP contribution in [0.4, 0.5) is 5.69 Å². The summed E-state index contributed by atoms with van der Waals surface area (Å²) < 4.78 is 5.30. The lowest BCUT2D eigenvalue weighted by Crippen LogP contribution is -2.46. The van der Waals surface area contributed by atoms with Crippen LogP contribution in [-0.4, -0.2) is 50.5 Å². The minimum Gasteiger partial charge on any atom is -0.497 e. The number of ketones is 1. The van der Waals surface area contributed by atoms with Crippen molar-refractivity contribution in [1.82, 2.24) is 4.90 Å². The van der Waals surface area contributed by atoms with E-state index in [9.17, 15) is 4.79 Å². The Kier molecular flexibility index (Phi) is 5.49. The molecule has 1 aliphatic rings. The summed E-state index contributed by atoms with van der Waals surface area (Å²) in [6.45, 7) is 4.76. The van der Waals surface area contributed by atoms with Crippen LogP contribution in [0.2, 0.25) is 0 Å². The molecule has 0 radical (unpaired) electrons. The first-order valence-electron chi connectivity index (χ1n) is 8.46. The fraction of sp³-hybridized carbons (Fsp3) is 0.350. The van der Waals surface area contributed by atoms with Crippen LogP contribution in [0.15, 0.2) is 54.6 Å². The van der Waals surface area contributed by atoms with Gasteiger partial charge in [-0.1, -0.05) is 36.4 Å². The number of anilines is 1. The number of benzene rings is 2. The highest BCUT2D eigenvalue weighted by molar-refractivity contribution is 5.96. The molecule has 4 nitrogen and oxygen atoms in total. The van der Waals surface area contributed by atoms with E-state index in [1.165, 1.54) is 5.69 Å². The number of hydrogen-bond acceptors (Lipinski definition) is 4. The molecular weight excluding hydrogens is 300 g/mol. The van der Waals surface area contributed by atoms with Crippen LogP contribution in [0, 0.1) is 0 Å². The molecule has 0 aliphatic carbocycles. The molecule has 0 N–H and O–H groups in total. The summed E-state index contributed by atoms with van der Waals surface area (Å²) in [6.07, 6.45) is 0.586. The number of hydrogen-bond donors (Lipinski definition) is 0. The minimum absolute atomic E-state index is 0.228. The van der Waals surface area contributed by atoms with Crippen molar-refractivity contribution in [1.29, 1.82) is 0 Å². The normalized spacial score (nSPS) is 15.3. The Bertz CT molecular complexity index is 664. The minimum atomic E-state index is 0.228. The smallest absolute Gasteiger partial charge is 0.164 e. The number of Topliss-reactive ketones (excluding diaryl/α,β-unsaturated/α-hetero) is 1. The molecule has 0 atom stereocenters. The number of nitrogens with zero attached hydrogens (tertiary/aromatic N) is 2. The Balaban J connectivity index is 1.47. The lowest BCUT2D eigenvalue weighted by Gasteiger charge is -2.36. The number of rotatable bonds is 6. The van der Waals surface area contributed by atoms with Crippen molar-refractivity contribution in [3.63, 3.8) is 0 Å². The van der Waals surface area contributed by atoms with Gasteiger partial charge in [-0.05, 0) is 12.1 Å². The fourth-order valence-corrected chi connectivity index (χ4v) is 3.06. The molecule has 24 heavy (non-hydrogen) atoms. The molecule has 0 aromatic heterocycles. The second kappa shape index (κ2) is 7.97. The first kappa shape index (κ1) is 16.5. The quantitative estimate of drug-likeness (QED) is 0.765. The van der Waals surface area contributed by atoms with Crippen molar-refractivity contribution in [2.24, 2.45) is 0 Å². The first-order chi connectivity index (χ1) is 11.8. The van der Waals surface area contributed by atoms with Gasteiger partial charge in [0.2, 0.25) is 0 Å². The maximum Gasteiger partial charge on any atom is 0.164 e. The number of carbonyl (C=O) groups is 1. The number of piperazine rings is 1. The zero-order chi connectivity index (χ0) is 16.8. The van der Waals surface area contributed by atoms with Gasteiger partial charge in [-0.25, -0.2) is 0 Å². The summed E-state index contributed by atoms with van der Waals surface area (Å²) in [6, 6.07) is 17.8. The van der Waals surface area contributed by atoms with Crippen LogP contribution in [-0.2, 0) is 0 Å². The lowest BCUT2D eigenvalue weighted by atomic mass is 10.1. The molecule has 4 heteroatoms. The van der Waals surface area contributed by atoms with E-state index >= 15 is 0 Å². The SMILES string of the molecule is COc1cccc(N2CCN(CCC(=O)c3ccccc3)CC2)c1. The number of carbonyl (C=O) groups excluding carboxylic acids is 1. The van der Waals surface area contributed by atoms with Crippen molar-refractivity contribution in [3.05, 3.63) is 60.2 Å². The van der Waals surface area contributed by atoms with Gasteiger partial charge in [0.25, 0.3) is 0 Å². The molecule has 1 saturated heterocycles. The molecule has 2 aromatic rings. The maximum atomic E-state index is 12.2. The second-order valence-electron chi connectivity index (χ2n) is 6.07. The summed E-state index contributed by atoms with van der Waals surface area (Å²) in [5.74, 6) is 1.12. The Morgan fingerprint density at radius 3 is 2.46 bits per heavy atom. The van der Waals surface area contributed by atoms with E-state index in [1.807, 2.05) is 42.5 Å². The van der Waals surface area contributed by atoms with E-state index in [-0.39, 0.29) is 5.78 Å². The molecule has 1 heterocycles. The maximum absolute atomic E-state index is 12.2. The third-order valence-electron chi connectivity index (χ3n) is 4.54. The number of ether oxygens (including phenoxy) is 1. The Hall–Kier alpha value is -2.33. The van der Waals surface area contributed by atoms with Gasteiger partial charge in [0, 0.05) is 56.5 Å². The van der Waals surface area contributed by atoms with Crippen molar-refractivity contribution in [2.75, 3.05) is 44.7 Å². The van der Waals surface area contributed by atoms with Gasteiger partial charge in [0.05, 0.1) is 7.11 Å². The molecule has 0 unspecified atom stereocenters. The highest BCUT2D eigenvalue weighted by atomic mass is 16.5. The van der Waals surface area contributed by atoms with E-state index < -0.39 is 0 Å². The standard InChI is InChI=1S/C20H24N2O2/c1-24-19-9-5-8-18(16-19)22-14-12-21(13-15-22)11-10-20(23)17-6-3-2-4-7-17/h2-9,16H,10-15H2,1H3. The highest BCUT2D eigenvalue weighted by Gasteiger charge is 2.18. The predicted octanol–water partition coefficient (Wildman–Crippen LogP) is 3.09. The van der Waals surface area contributed by atoms with E-state index in [4.69, 9.17) is 4.74 Å². The second-order valence-corrected chi connectivity index (χ2v) is 6.07. The van der Waals surface area contributed by atoms with E-state index in [2.05, 4.69) is 21.9 Å². The molecule has 3 rings (SSSR count). The largest absolute Gasteiger partial charge is 0.497 e. The van der Waals surface area contributed by atoms with Crippen LogP contribution in [0.1, 0.15) is 16.8 Å². The first-order valence-corrected chi connectivity index (χ1v) is 8.46. The molecule has 0 spiro atoms. The Morgan fingerprint density at radius 2 is 1.75 bits per heavy atom. The summed E-state index contributed by atoms with van der Waals surface area (Å²) in [7, 11) is 1.70. The van der Waals surface area contributed by atoms with Crippen LogP contribution in [0.5, 0.6) is 5.75 Å². The van der Waals surface area contributed by atoms with Crippen molar-refractivity contribution >= 4 is 11.5 Å². The van der Waals surface area contributed by atoms with Crippen LogP contribution in [0.3, 0.4) is 0 Å². The summed E-state index contributed by atoms with van der Waals surface area (Å²) in [5, 5.41) is 0. The molecule has 126 valence electrons. The highest BCUT2D eigenvalue weighted by Crippen LogP contribution is 2.22. The van der Waals surface area contributed by atoms with Crippen molar-refractivity contribution in [2.45, 2.75) is 6.42 Å². The molecular formula is C20H24N2O2. The van der Waals surface area contributed by atoms with Gasteiger partial charge < -0.3 is 9.64 Å². The zero-order valence-electron chi connectivity index (χ0n) is 14.1. The Morgan fingerprint density at radius 1 is 1.00 bits per heavy atom. The van der Waals surface area contributed by atoms with Crippen molar-refractivity contribution < 1.29 is 9.53 Å².